The topological polar surface area (TPSA) is 30.7 Å². The second-order valence-corrected chi connectivity index (χ2v) is 5.45. The van der Waals surface area contributed by atoms with Crippen LogP contribution in [0.1, 0.15) is 25.5 Å². The van der Waals surface area contributed by atoms with Gasteiger partial charge in [-0.25, -0.2) is 4.98 Å². The maximum Gasteiger partial charge on any atom is 0.114 e. The summed E-state index contributed by atoms with van der Waals surface area (Å²) in [7, 11) is 0. The highest BCUT2D eigenvalue weighted by atomic mass is 79.9. The van der Waals surface area contributed by atoms with Gasteiger partial charge in [-0.1, -0.05) is 13.3 Å². The average Bonchev–Trinajstić information content (AvgIpc) is 2.53. The highest BCUT2D eigenvalue weighted by molar-refractivity contribution is 9.11. The van der Waals surface area contributed by atoms with Crippen molar-refractivity contribution in [2.75, 3.05) is 0 Å². The fourth-order valence-electron chi connectivity index (χ4n) is 1.72. The third-order valence-corrected chi connectivity index (χ3v) is 3.52. The summed E-state index contributed by atoms with van der Waals surface area (Å²) < 4.78 is 3.92. The van der Waals surface area contributed by atoms with Crippen LogP contribution in [0.15, 0.2) is 15.1 Å². The van der Waals surface area contributed by atoms with E-state index in [1.807, 2.05) is 17.7 Å². The van der Waals surface area contributed by atoms with Crippen molar-refractivity contribution >= 4 is 42.9 Å². The lowest BCUT2D eigenvalue weighted by molar-refractivity contribution is 0.584. The predicted octanol–water partition coefficient (Wildman–Crippen LogP) is 4.06. The summed E-state index contributed by atoms with van der Waals surface area (Å²) in [6.45, 7) is 5.13. The Hall–Kier alpha value is -0.420. The molecule has 2 aromatic rings. The highest BCUT2D eigenvalue weighted by Crippen LogP contribution is 2.27. The van der Waals surface area contributed by atoms with Crippen LogP contribution in [0.5, 0.6) is 0 Å². The third kappa shape index (κ3) is 2.15. The molecule has 0 N–H and O–H groups in total. The van der Waals surface area contributed by atoms with Gasteiger partial charge >= 0.3 is 0 Å². The van der Waals surface area contributed by atoms with Crippen molar-refractivity contribution < 1.29 is 0 Å². The standard InChI is InChI=1S/C11H13Br2N3/c1-3-4-5-16-11-8(12)6-9(13)14-10(11)7(2)15-16/h6H,3-5H2,1-2H3. The molecule has 5 heteroatoms. The van der Waals surface area contributed by atoms with E-state index in [1.165, 1.54) is 6.42 Å². The zero-order chi connectivity index (χ0) is 11.7. The maximum absolute atomic E-state index is 4.53. The number of pyridine rings is 1. The second kappa shape index (κ2) is 4.84. The van der Waals surface area contributed by atoms with Gasteiger partial charge in [0.15, 0.2) is 0 Å². The van der Waals surface area contributed by atoms with Gasteiger partial charge < -0.3 is 0 Å². The van der Waals surface area contributed by atoms with Gasteiger partial charge in [-0.05, 0) is 51.3 Å². The lowest BCUT2D eigenvalue weighted by Gasteiger charge is -2.03. The molecule has 0 spiro atoms. The van der Waals surface area contributed by atoms with Crippen molar-refractivity contribution in [2.45, 2.75) is 33.2 Å². The van der Waals surface area contributed by atoms with Crippen LogP contribution < -0.4 is 0 Å². The molecule has 86 valence electrons. The molecular weight excluding hydrogens is 334 g/mol. The van der Waals surface area contributed by atoms with Crippen LogP contribution in [0.2, 0.25) is 0 Å². The predicted molar refractivity (Wildman–Crippen MR) is 72.6 cm³/mol. The molecule has 0 amide bonds. The van der Waals surface area contributed by atoms with Crippen molar-refractivity contribution in [3.8, 4) is 0 Å². The van der Waals surface area contributed by atoms with Gasteiger partial charge in [0.05, 0.1) is 5.69 Å². The zero-order valence-electron chi connectivity index (χ0n) is 9.30. The van der Waals surface area contributed by atoms with Crippen LogP contribution >= 0.6 is 31.9 Å². The van der Waals surface area contributed by atoms with Crippen LogP contribution in [0.25, 0.3) is 11.0 Å². The first-order chi connectivity index (χ1) is 7.63. The van der Waals surface area contributed by atoms with Gasteiger partial charge in [0.1, 0.15) is 15.6 Å². The van der Waals surface area contributed by atoms with Crippen LogP contribution in [-0.2, 0) is 6.54 Å². The summed E-state index contributed by atoms with van der Waals surface area (Å²) >= 11 is 6.97. The van der Waals surface area contributed by atoms with Crippen molar-refractivity contribution in [1.82, 2.24) is 14.8 Å². The van der Waals surface area contributed by atoms with Crippen LogP contribution in [-0.4, -0.2) is 14.8 Å². The maximum atomic E-state index is 4.53. The molecule has 2 aromatic heterocycles. The first kappa shape index (κ1) is 12.0. The smallest absolute Gasteiger partial charge is 0.114 e. The number of fused-ring (bicyclic) bond motifs is 1. The molecule has 0 bridgehead atoms. The molecule has 3 nitrogen and oxygen atoms in total. The van der Waals surface area contributed by atoms with Gasteiger partial charge in [-0.15, -0.1) is 0 Å². The zero-order valence-corrected chi connectivity index (χ0v) is 12.5. The van der Waals surface area contributed by atoms with Gasteiger partial charge in [0.2, 0.25) is 0 Å². The molecule has 2 heterocycles. The quantitative estimate of drug-likeness (QED) is 0.784. The monoisotopic (exact) mass is 345 g/mol. The number of aryl methyl sites for hydroxylation is 2. The van der Waals surface area contributed by atoms with Gasteiger partial charge in [0, 0.05) is 11.0 Å². The minimum atomic E-state index is 0.838. The normalized spacial score (nSPS) is 11.2. The molecule has 0 radical (unpaired) electrons. The molecule has 0 atom stereocenters. The highest BCUT2D eigenvalue weighted by Gasteiger charge is 2.12. The Balaban J connectivity index is 2.59. The number of unbranched alkanes of at least 4 members (excludes halogenated alkanes) is 1. The number of hydrogen-bond donors (Lipinski definition) is 0. The summed E-state index contributed by atoms with van der Waals surface area (Å²) in [5.41, 5.74) is 3.04. The summed E-state index contributed by atoms with van der Waals surface area (Å²) in [5.74, 6) is 0. The van der Waals surface area contributed by atoms with E-state index < -0.39 is 0 Å². The molecule has 0 aliphatic rings. The van der Waals surface area contributed by atoms with E-state index in [1.54, 1.807) is 0 Å². The number of hydrogen-bond acceptors (Lipinski definition) is 2. The summed E-state index contributed by atoms with van der Waals surface area (Å²) in [6.07, 6.45) is 2.31. The summed E-state index contributed by atoms with van der Waals surface area (Å²) in [4.78, 5) is 4.47. The fraction of sp³-hybridized carbons (Fsp3) is 0.455. The number of rotatable bonds is 3. The Bertz CT molecular complexity index is 519. The molecular formula is C11H13Br2N3. The van der Waals surface area contributed by atoms with E-state index in [2.05, 4.69) is 48.9 Å². The Kier molecular flexibility index (Phi) is 3.64. The molecule has 0 saturated carbocycles. The summed E-state index contributed by atoms with van der Waals surface area (Å²) in [5, 5.41) is 4.53. The van der Waals surface area contributed by atoms with E-state index in [0.29, 0.717) is 0 Å². The molecule has 0 aliphatic carbocycles. The first-order valence-corrected chi connectivity index (χ1v) is 6.91. The summed E-state index contributed by atoms with van der Waals surface area (Å²) in [6, 6.07) is 1.96. The van der Waals surface area contributed by atoms with Gasteiger partial charge in [-0.3, -0.25) is 4.68 Å². The fourth-order valence-corrected chi connectivity index (χ4v) is 3.05. The van der Waals surface area contributed by atoms with Crippen LogP contribution in [0, 0.1) is 6.92 Å². The Morgan fingerprint density at radius 2 is 2.12 bits per heavy atom. The van der Waals surface area contributed by atoms with E-state index in [9.17, 15) is 0 Å². The van der Waals surface area contributed by atoms with E-state index in [-0.39, 0.29) is 0 Å². The molecule has 16 heavy (non-hydrogen) atoms. The van der Waals surface area contributed by atoms with Crippen molar-refractivity contribution in [3.05, 3.63) is 20.8 Å². The number of nitrogens with zero attached hydrogens (tertiary/aromatic N) is 3. The number of aromatic nitrogens is 3. The molecule has 0 aliphatic heterocycles. The van der Waals surface area contributed by atoms with Crippen molar-refractivity contribution in [2.24, 2.45) is 0 Å². The van der Waals surface area contributed by atoms with E-state index in [4.69, 9.17) is 0 Å². The first-order valence-electron chi connectivity index (χ1n) is 5.32. The van der Waals surface area contributed by atoms with Gasteiger partial charge in [-0.2, -0.15) is 5.10 Å². The molecule has 2 rings (SSSR count). The van der Waals surface area contributed by atoms with E-state index in [0.717, 1.165) is 38.8 Å². The van der Waals surface area contributed by atoms with Crippen molar-refractivity contribution in [1.29, 1.82) is 0 Å². The molecule has 0 fully saturated rings. The van der Waals surface area contributed by atoms with Crippen molar-refractivity contribution in [3.63, 3.8) is 0 Å². The molecule has 0 unspecified atom stereocenters. The Morgan fingerprint density at radius 3 is 2.81 bits per heavy atom. The minimum absolute atomic E-state index is 0.838. The van der Waals surface area contributed by atoms with Gasteiger partial charge in [0.25, 0.3) is 0 Å². The van der Waals surface area contributed by atoms with E-state index >= 15 is 0 Å². The minimum Gasteiger partial charge on any atom is -0.262 e. The van der Waals surface area contributed by atoms with Crippen LogP contribution in [0.3, 0.4) is 0 Å². The number of halogens is 2. The Labute approximate surface area is 111 Å². The lowest BCUT2D eigenvalue weighted by atomic mass is 10.3. The average molecular weight is 347 g/mol. The SMILES string of the molecule is CCCCn1nc(C)c2nc(Br)cc(Br)c21. The molecule has 0 aromatic carbocycles. The molecule has 0 saturated heterocycles. The third-order valence-electron chi connectivity index (χ3n) is 2.51. The van der Waals surface area contributed by atoms with Crippen LogP contribution in [0.4, 0.5) is 0 Å². The largest absolute Gasteiger partial charge is 0.262 e. The second-order valence-electron chi connectivity index (χ2n) is 3.79. The lowest BCUT2D eigenvalue weighted by Crippen LogP contribution is -2.00. The Morgan fingerprint density at radius 1 is 1.38 bits per heavy atom.